The first-order chi connectivity index (χ1) is 9.83. The first kappa shape index (κ1) is 14.1. The second-order valence-electron chi connectivity index (χ2n) is 6.44. The molecule has 0 spiro atoms. The van der Waals surface area contributed by atoms with Gasteiger partial charge in [0.2, 0.25) is 0 Å². The summed E-state index contributed by atoms with van der Waals surface area (Å²) in [4.78, 5) is 0. The number of nitrogens with one attached hydrogen (secondary N) is 1. The van der Waals surface area contributed by atoms with Gasteiger partial charge in [-0.15, -0.1) is 0 Å². The van der Waals surface area contributed by atoms with Crippen molar-refractivity contribution in [3.05, 3.63) is 18.0 Å². The Morgan fingerprint density at radius 1 is 1.20 bits per heavy atom. The van der Waals surface area contributed by atoms with E-state index in [1.54, 1.807) is 0 Å². The topological polar surface area (TPSA) is 50.1 Å². The van der Waals surface area contributed by atoms with Crippen molar-refractivity contribution in [2.75, 3.05) is 13.1 Å². The third-order valence-corrected chi connectivity index (χ3v) is 4.96. The molecule has 1 saturated carbocycles. The maximum atomic E-state index is 10.4. The SMILES string of the molecule is OC(Cc1ccn(C2CCCCC2)n1)C1CCNCC1. The predicted octanol–water partition coefficient (Wildman–Crippen LogP) is 2.29. The van der Waals surface area contributed by atoms with Gasteiger partial charge in [0, 0.05) is 12.6 Å². The maximum absolute atomic E-state index is 10.4. The maximum Gasteiger partial charge on any atom is 0.0650 e. The van der Waals surface area contributed by atoms with Crippen LogP contribution in [0.25, 0.3) is 0 Å². The summed E-state index contributed by atoms with van der Waals surface area (Å²) in [5.74, 6) is 0.441. The van der Waals surface area contributed by atoms with Gasteiger partial charge in [0.05, 0.1) is 17.8 Å². The van der Waals surface area contributed by atoms with Crippen LogP contribution in [0, 0.1) is 5.92 Å². The lowest BCUT2D eigenvalue weighted by atomic mass is 9.90. The summed E-state index contributed by atoms with van der Waals surface area (Å²) < 4.78 is 2.14. The number of aliphatic hydroxyl groups is 1. The van der Waals surface area contributed by atoms with E-state index in [0.29, 0.717) is 18.4 Å². The minimum Gasteiger partial charge on any atom is -0.392 e. The van der Waals surface area contributed by atoms with Crippen LogP contribution in [0.4, 0.5) is 0 Å². The van der Waals surface area contributed by atoms with Crippen LogP contribution in [0.1, 0.15) is 56.7 Å². The highest BCUT2D eigenvalue weighted by atomic mass is 16.3. The third-order valence-electron chi connectivity index (χ3n) is 4.96. The van der Waals surface area contributed by atoms with E-state index in [9.17, 15) is 5.11 Å². The predicted molar refractivity (Wildman–Crippen MR) is 79.7 cm³/mol. The van der Waals surface area contributed by atoms with Gasteiger partial charge >= 0.3 is 0 Å². The fourth-order valence-corrected chi connectivity index (χ4v) is 3.65. The van der Waals surface area contributed by atoms with Gasteiger partial charge in [0.25, 0.3) is 0 Å². The molecule has 2 N–H and O–H groups in total. The average Bonchev–Trinajstić information content (AvgIpc) is 2.97. The number of aromatic nitrogens is 2. The summed E-state index contributed by atoms with van der Waals surface area (Å²) in [6, 6.07) is 2.69. The van der Waals surface area contributed by atoms with E-state index in [0.717, 1.165) is 31.6 Å². The van der Waals surface area contributed by atoms with Gasteiger partial charge in [0.1, 0.15) is 0 Å². The monoisotopic (exact) mass is 277 g/mol. The molecule has 0 bridgehead atoms. The molecule has 1 aromatic heterocycles. The smallest absolute Gasteiger partial charge is 0.0650 e. The van der Waals surface area contributed by atoms with Crippen molar-refractivity contribution in [1.82, 2.24) is 15.1 Å². The van der Waals surface area contributed by atoms with Crippen LogP contribution in [-0.2, 0) is 6.42 Å². The summed E-state index contributed by atoms with van der Waals surface area (Å²) >= 11 is 0. The van der Waals surface area contributed by atoms with Crippen molar-refractivity contribution in [3.8, 4) is 0 Å². The summed E-state index contributed by atoms with van der Waals surface area (Å²) in [5, 5.41) is 18.4. The minimum atomic E-state index is -0.230. The zero-order valence-electron chi connectivity index (χ0n) is 12.3. The van der Waals surface area contributed by atoms with Crippen molar-refractivity contribution in [1.29, 1.82) is 0 Å². The van der Waals surface area contributed by atoms with Crippen LogP contribution < -0.4 is 5.32 Å². The second kappa shape index (κ2) is 6.72. The molecule has 0 radical (unpaired) electrons. The van der Waals surface area contributed by atoms with E-state index >= 15 is 0 Å². The van der Waals surface area contributed by atoms with Crippen LogP contribution in [-0.4, -0.2) is 34.1 Å². The van der Waals surface area contributed by atoms with Crippen LogP contribution in [0.2, 0.25) is 0 Å². The molecule has 2 heterocycles. The van der Waals surface area contributed by atoms with Gasteiger partial charge in [-0.05, 0) is 50.8 Å². The molecule has 0 amide bonds. The number of rotatable bonds is 4. The van der Waals surface area contributed by atoms with Gasteiger partial charge < -0.3 is 10.4 Å². The van der Waals surface area contributed by atoms with Gasteiger partial charge in [-0.25, -0.2) is 0 Å². The van der Waals surface area contributed by atoms with Crippen LogP contribution >= 0.6 is 0 Å². The van der Waals surface area contributed by atoms with E-state index in [1.807, 2.05) is 0 Å². The van der Waals surface area contributed by atoms with Gasteiger partial charge in [-0.2, -0.15) is 5.10 Å². The standard InChI is InChI=1S/C16H27N3O/c20-16(13-6-9-17-10-7-13)12-14-8-11-19(18-14)15-4-2-1-3-5-15/h8,11,13,15-17,20H,1-7,9-10,12H2. The van der Waals surface area contributed by atoms with Crippen molar-refractivity contribution >= 4 is 0 Å². The van der Waals surface area contributed by atoms with Crippen molar-refractivity contribution < 1.29 is 5.11 Å². The molecule has 1 atom stereocenters. The molecule has 1 aromatic rings. The molecule has 3 rings (SSSR count). The largest absolute Gasteiger partial charge is 0.392 e. The minimum absolute atomic E-state index is 0.230. The molecule has 1 saturated heterocycles. The Morgan fingerprint density at radius 3 is 2.70 bits per heavy atom. The number of piperidine rings is 1. The normalized spacial score (nSPS) is 23.9. The molecular weight excluding hydrogens is 250 g/mol. The molecule has 20 heavy (non-hydrogen) atoms. The quantitative estimate of drug-likeness (QED) is 0.888. The van der Waals surface area contributed by atoms with Gasteiger partial charge in [-0.3, -0.25) is 4.68 Å². The second-order valence-corrected chi connectivity index (χ2v) is 6.44. The average molecular weight is 277 g/mol. The molecule has 112 valence electrons. The lowest BCUT2D eigenvalue weighted by molar-refractivity contribution is 0.0879. The fourth-order valence-electron chi connectivity index (χ4n) is 3.65. The summed E-state index contributed by atoms with van der Waals surface area (Å²) in [7, 11) is 0. The molecule has 4 heteroatoms. The Balaban J connectivity index is 1.56. The third kappa shape index (κ3) is 3.41. The highest BCUT2D eigenvalue weighted by Gasteiger charge is 2.23. The lowest BCUT2D eigenvalue weighted by Crippen LogP contribution is -2.35. The summed E-state index contributed by atoms with van der Waals surface area (Å²) in [5.41, 5.74) is 1.06. The van der Waals surface area contributed by atoms with Crippen LogP contribution in [0.3, 0.4) is 0 Å². The Morgan fingerprint density at radius 2 is 1.95 bits per heavy atom. The molecule has 4 nitrogen and oxygen atoms in total. The van der Waals surface area contributed by atoms with E-state index in [1.165, 1.54) is 32.1 Å². The summed E-state index contributed by atoms with van der Waals surface area (Å²) in [6.45, 7) is 2.08. The zero-order chi connectivity index (χ0) is 13.8. The highest BCUT2D eigenvalue weighted by molar-refractivity contribution is 5.02. The van der Waals surface area contributed by atoms with Gasteiger partial charge in [-0.1, -0.05) is 19.3 Å². The first-order valence-corrected chi connectivity index (χ1v) is 8.26. The van der Waals surface area contributed by atoms with Crippen molar-refractivity contribution in [2.24, 2.45) is 5.92 Å². The molecular formula is C16H27N3O. The van der Waals surface area contributed by atoms with Gasteiger partial charge in [0.15, 0.2) is 0 Å². The van der Waals surface area contributed by atoms with E-state index in [-0.39, 0.29) is 6.10 Å². The fraction of sp³-hybridized carbons (Fsp3) is 0.812. The molecule has 0 aromatic carbocycles. The van der Waals surface area contributed by atoms with E-state index < -0.39 is 0 Å². The van der Waals surface area contributed by atoms with Crippen LogP contribution in [0.5, 0.6) is 0 Å². The Hall–Kier alpha value is -0.870. The zero-order valence-corrected chi connectivity index (χ0v) is 12.3. The Labute approximate surface area is 121 Å². The lowest BCUT2D eigenvalue weighted by Gasteiger charge is -2.26. The molecule has 1 aliphatic heterocycles. The number of hydrogen-bond donors (Lipinski definition) is 2. The van der Waals surface area contributed by atoms with Crippen LogP contribution in [0.15, 0.2) is 12.3 Å². The molecule has 2 fully saturated rings. The highest BCUT2D eigenvalue weighted by Crippen LogP contribution is 2.27. The van der Waals surface area contributed by atoms with Crippen molar-refractivity contribution in [2.45, 2.75) is 63.5 Å². The molecule has 1 aliphatic carbocycles. The summed E-state index contributed by atoms with van der Waals surface area (Å²) in [6.07, 6.45) is 11.3. The number of nitrogens with zero attached hydrogens (tertiary/aromatic N) is 2. The number of aliphatic hydroxyl groups excluding tert-OH is 1. The Kier molecular flexibility index (Phi) is 4.73. The van der Waals surface area contributed by atoms with E-state index in [4.69, 9.17) is 5.10 Å². The van der Waals surface area contributed by atoms with E-state index in [2.05, 4.69) is 22.3 Å². The van der Waals surface area contributed by atoms with Crippen molar-refractivity contribution in [3.63, 3.8) is 0 Å². The number of hydrogen-bond acceptors (Lipinski definition) is 3. The molecule has 2 aliphatic rings. The Bertz CT molecular complexity index is 406. The molecule has 1 unspecified atom stereocenters. The first-order valence-electron chi connectivity index (χ1n) is 8.26.